The summed E-state index contributed by atoms with van der Waals surface area (Å²) in [5, 5.41) is 47.1. The molecule has 2 fully saturated rings. The molecule has 20 nitrogen and oxygen atoms in total. The molecular weight excluding hydrogens is 1400 g/mol. The summed E-state index contributed by atoms with van der Waals surface area (Å²) in [7, 11) is 0. The number of hydrogen-bond donors (Lipinski definition) is 6. The van der Waals surface area contributed by atoms with E-state index in [0.717, 1.165) is 92.4 Å². The van der Waals surface area contributed by atoms with Gasteiger partial charge < -0.3 is 24.1 Å². The molecule has 0 saturated carbocycles. The third-order valence-electron chi connectivity index (χ3n) is 22.0. The minimum atomic E-state index is -2.71. The number of aliphatic hydroxyl groups excluding tert-OH is 2. The fourth-order valence-electron chi connectivity index (χ4n) is 15.5. The first-order valence-corrected chi connectivity index (χ1v) is 44.5. The summed E-state index contributed by atoms with van der Waals surface area (Å²) < 4.78 is 41.3. The molecule has 1 aromatic carbocycles. The summed E-state index contributed by atoms with van der Waals surface area (Å²) in [6.45, 7) is 7.62. The van der Waals surface area contributed by atoms with Gasteiger partial charge in [-0.15, -0.1) is 0 Å². The van der Waals surface area contributed by atoms with Crippen LogP contribution in [-0.4, -0.2) is 108 Å². The molecule has 0 radical (unpaired) electrons. The van der Waals surface area contributed by atoms with Gasteiger partial charge >= 0.3 is 215 Å². The molecular formula is C85H141N4O16PS. The van der Waals surface area contributed by atoms with Gasteiger partial charge in [0.1, 0.15) is 6.23 Å². The average Bonchev–Trinajstić information content (AvgIpc) is 1.63. The summed E-state index contributed by atoms with van der Waals surface area (Å²) in [4.78, 5) is 86.7. The smallest absolute Gasteiger partial charge is 0.490 e. The number of nitrogens with zero attached hydrogens (tertiary/aromatic N) is 2. The van der Waals surface area contributed by atoms with Gasteiger partial charge in [0.2, 0.25) is 5.75 Å². The van der Waals surface area contributed by atoms with E-state index in [9.17, 15) is 44.4 Å². The molecule has 2 aliphatic rings. The predicted octanol–water partition coefficient (Wildman–Crippen LogP) is 18.9. The molecule has 2 aliphatic heterocycles. The standard InChI is InChI=1S/C85H141N4O16PS/c1-5-8-11-14-17-20-23-26-29-32-35-38-41-44-47-50-53-100-71-56-68(57-72(101-54-51-48-45-42-39-36-33-30-27-24-21-18-15-12-9-6-2)78(71)102-55-52-49-46-43-40-37-34-31-28-25-22-19-16-13-10-7-3)59-84(61-77(92)93,81(96)104-70-58-75(103-73(70)64-90)88-62-67(4)79(94)86-82(88)97)85(99)60-76(105-74(85)65-91)89-63-69(66-106-107)80(95)87-83(89)98/h56-57,62-63,70,73-76,90-91,99H,5-55,58-61,64-65H2,1-4H3,(H,92,93)(H,86,94,97)(H,87,95,98)/t70-,73+,74+,75+,76+,84?,85-/m0/s1. The van der Waals surface area contributed by atoms with E-state index in [1.54, 1.807) is 12.1 Å². The molecule has 0 aliphatic carbocycles. The van der Waals surface area contributed by atoms with Gasteiger partial charge in [-0.25, -0.2) is 4.79 Å². The van der Waals surface area contributed by atoms with Crippen LogP contribution in [0.1, 0.15) is 377 Å². The first-order chi connectivity index (χ1) is 52.1. The van der Waals surface area contributed by atoms with Crippen molar-refractivity contribution >= 4 is 30.6 Å². The number of aliphatic carboxylic acids is 1. The minimum Gasteiger partial charge on any atom is -0.490 e. The topological polar surface area (TPSA) is 280 Å². The molecule has 107 heavy (non-hydrogen) atoms. The van der Waals surface area contributed by atoms with Gasteiger partial charge in [-0.05, 0) is 26.2 Å². The van der Waals surface area contributed by atoms with Gasteiger partial charge in [-0.1, -0.05) is 310 Å². The number of H-pyrrole nitrogens is 2. The molecule has 0 spiro atoms. The molecule has 2 aromatic heterocycles. The quantitative estimate of drug-likeness (QED) is 0.0174. The fourth-order valence-corrected chi connectivity index (χ4v) is 16.1. The number of nitrogens with one attached hydrogen (secondary N) is 2. The predicted molar refractivity (Wildman–Crippen MR) is 431 cm³/mol. The van der Waals surface area contributed by atoms with Crippen LogP contribution in [-0.2, 0) is 42.0 Å². The van der Waals surface area contributed by atoms with E-state index in [4.69, 9.17) is 40.2 Å². The Hall–Kier alpha value is -4.85. The first-order valence-electron chi connectivity index (χ1n) is 42.6. The van der Waals surface area contributed by atoms with Crippen LogP contribution in [0.15, 0.2) is 43.7 Å². The Bertz CT molecular complexity index is 3240. The Morgan fingerprint density at radius 3 is 1.29 bits per heavy atom. The molecule has 4 heterocycles. The van der Waals surface area contributed by atoms with Crippen molar-refractivity contribution < 1.29 is 58.4 Å². The fraction of sp³-hybridized carbons (Fsp3) is 0.800. The van der Waals surface area contributed by atoms with Crippen LogP contribution in [0.2, 0.25) is 0 Å². The van der Waals surface area contributed by atoms with Crippen molar-refractivity contribution in [2.45, 2.75) is 398 Å². The van der Waals surface area contributed by atoms with Crippen LogP contribution in [0, 0.1) is 18.0 Å². The summed E-state index contributed by atoms with van der Waals surface area (Å²) in [6, 6.07) is 3.36. The molecule has 5 rings (SSSR count). The summed E-state index contributed by atoms with van der Waals surface area (Å²) in [5.41, 5.74) is -5.56. The van der Waals surface area contributed by atoms with E-state index >= 15 is 4.79 Å². The number of aromatic amines is 2. The maximum atomic E-state index is 16.0. The molecule has 608 valence electrons. The number of carboxylic acid groups (broad SMARTS) is 1. The number of ether oxygens (including phenoxy) is 6. The maximum absolute atomic E-state index is 16.0. The van der Waals surface area contributed by atoms with E-state index in [1.807, 2.05) is 0 Å². The number of benzene rings is 1. The van der Waals surface area contributed by atoms with Crippen LogP contribution < -0.4 is 36.7 Å². The second kappa shape index (κ2) is 55.5. The number of aliphatic hydroxyl groups is 3. The van der Waals surface area contributed by atoms with E-state index < -0.39 is 109 Å². The van der Waals surface area contributed by atoms with Gasteiger partial charge in [0.05, 0.1) is 26.4 Å². The molecule has 2 saturated heterocycles. The Balaban J connectivity index is 1.47. The van der Waals surface area contributed by atoms with Crippen molar-refractivity contribution in [1.82, 2.24) is 19.1 Å². The second-order valence-corrected chi connectivity index (χ2v) is 31.9. The minimum absolute atomic E-state index is 0.129. The first kappa shape index (κ1) is 92.8. The van der Waals surface area contributed by atoms with Crippen molar-refractivity contribution in [2.24, 2.45) is 5.41 Å². The Kier molecular flexibility index (Phi) is 48.1. The average molecular weight is 1540 g/mol. The number of carbonyl (C=O) groups excluding carboxylic acids is 1. The summed E-state index contributed by atoms with van der Waals surface area (Å²) in [6.07, 6.45) is 50.7. The summed E-state index contributed by atoms with van der Waals surface area (Å²) >= 11 is 5.06. The summed E-state index contributed by atoms with van der Waals surface area (Å²) in [5.74, 6) is -1.90. The van der Waals surface area contributed by atoms with Crippen molar-refractivity contribution in [2.75, 3.05) is 33.0 Å². The van der Waals surface area contributed by atoms with E-state index in [-0.39, 0.29) is 29.9 Å². The Morgan fingerprint density at radius 2 is 0.916 bits per heavy atom. The van der Waals surface area contributed by atoms with Crippen LogP contribution in [0.4, 0.5) is 0 Å². The SMILES string of the molecule is CCCCCCCCCCCCCCCCCCOc1cc(CC(CC(=O)O)(C(=O)O[C@H]2C[C@H](n3cc(C)c(=O)[nH]c3=O)O[C@@H]2CO)[C@]2(O)C[C@H](n3cc(C#P=S)c(=O)[nH]c3=O)O[C@@H]2CO)cc(OCCCCCCCCCCCCCCCCCC)c1OCCCCCCCCCCCCCCCCCC. The number of aromatic nitrogens is 4. The van der Waals surface area contributed by atoms with E-state index in [1.165, 1.54) is 244 Å². The molecule has 6 N–H and O–H groups in total. The number of rotatable bonds is 65. The molecule has 0 bridgehead atoms. The van der Waals surface area contributed by atoms with Crippen LogP contribution in [0.25, 0.3) is 0 Å². The van der Waals surface area contributed by atoms with Gasteiger partial charge in [0.25, 0.3) is 5.56 Å². The van der Waals surface area contributed by atoms with Crippen molar-refractivity contribution in [3.8, 4) is 22.9 Å². The number of esters is 1. The number of unbranched alkanes of at least 4 members (excludes halogenated alkanes) is 45. The zero-order valence-corrected chi connectivity index (χ0v) is 68.1. The number of carboxylic acids is 1. The normalized spacial score (nSPS) is 18.4. The van der Waals surface area contributed by atoms with E-state index in [0.29, 0.717) is 37.1 Å². The van der Waals surface area contributed by atoms with Crippen LogP contribution in [0.5, 0.6) is 17.2 Å². The third-order valence-corrected chi connectivity index (χ3v) is 22.6. The third kappa shape index (κ3) is 33.9. The number of carbonyl (C=O) groups is 2. The number of hydrogen-bond acceptors (Lipinski definition) is 16. The monoisotopic (exact) mass is 1540 g/mol. The number of aryl methyl sites for hydroxylation is 1. The van der Waals surface area contributed by atoms with Gasteiger partial charge in [-0.2, -0.15) is 0 Å². The van der Waals surface area contributed by atoms with Crippen molar-refractivity contribution in [3.63, 3.8) is 0 Å². The molecule has 3 aromatic rings. The van der Waals surface area contributed by atoms with Crippen LogP contribution >= 0.6 is 6.81 Å². The molecule has 0 amide bonds. The Labute approximate surface area is 646 Å². The van der Waals surface area contributed by atoms with Gasteiger partial charge in [0, 0.05) is 11.8 Å². The van der Waals surface area contributed by atoms with Gasteiger partial charge in [-0.3, -0.25) is 14.3 Å². The molecule has 22 heteroatoms. The van der Waals surface area contributed by atoms with Crippen molar-refractivity contribution in [1.29, 1.82) is 0 Å². The van der Waals surface area contributed by atoms with Gasteiger partial charge in [0.15, 0.2) is 0 Å². The zero-order chi connectivity index (χ0) is 77.2. The Morgan fingerprint density at radius 1 is 0.542 bits per heavy atom. The molecule has 7 atom stereocenters. The van der Waals surface area contributed by atoms with Crippen molar-refractivity contribution in [3.05, 3.63) is 82.9 Å². The zero-order valence-electron chi connectivity index (χ0n) is 66.4. The second-order valence-electron chi connectivity index (χ2n) is 31.0. The van der Waals surface area contributed by atoms with E-state index in [2.05, 4.69) is 36.4 Å². The van der Waals surface area contributed by atoms with Crippen LogP contribution in [0.3, 0.4) is 0 Å². The molecule has 1 unspecified atom stereocenters.